The molecular weight excluding hydrogens is 206 g/mol. The highest BCUT2D eigenvalue weighted by molar-refractivity contribution is 5.72. The molecule has 4 heteroatoms. The highest BCUT2D eigenvalue weighted by Gasteiger charge is 1.94. The standard InChI is InChI=1S/C12H25NO3/c1-11(2)5-4-7-15-9-10-16-8-6-13-12(3)14/h11H,4-10H2,1-3H3,(H,13,14). The minimum Gasteiger partial charge on any atom is -0.379 e. The van der Waals surface area contributed by atoms with Gasteiger partial charge in [-0.3, -0.25) is 4.79 Å². The number of hydrogen-bond acceptors (Lipinski definition) is 3. The van der Waals surface area contributed by atoms with Crippen LogP contribution in [-0.2, 0) is 14.3 Å². The van der Waals surface area contributed by atoms with Gasteiger partial charge in [0.15, 0.2) is 0 Å². The van der Waals surface area contributed by atoms with Crippen molar-refractivity contribution in [3.8, 4) is 0 Å². The molecule has 1 N–H and O–H groups in total. The third-order valence-corrected chi connectivity index (χ3v) is 2.06. The van der Waals surface area contributed by atoms with Gasteiger partial charge in [0, 0.05) is 20.1 Å². The number of carbonyl (C=O) groups excluding carboxylic acids is 1. The summed E-state index contributed by atoms with van der Waals surface area (Å²) in [5.41, 5.74) is 0. The summed E-state index contributed by atoms with van der Waals surface area (Å²) in [7, 11) is 0. The average molecular weight is 231 g/mol. The molecule has 0 saturated heterocycles. The fourth-order valence-corrected chi connectivity index (χ4v) is 1.21. The Morgan fingerprint density at radius 3 is 2.31 bits per heavy atom. The van der Waals surface area contributed by atoms with Crippen molar-refractivity contribution in [2.24, 2.45) is 5.92 Å². The molecule has 0 bridgehead atoms. The molecule has 0 aliphatic rings. The van der Waals surface area contributed by atoms with Crippen LogP contribution in [0.15, 0.2) is 0 Å². The molecule has 0 atom stereocenters. The highest BCUT2D eigenvalue weighted by Crippen LogP contribution is 2.02. The van der Waals surface area contributed by atoms with Gasteiger partial charge in [-0.1, -0.05) is 13.8 Å². The van der Waals surface area contributed by atoms with Crippen LogP contribution in [0.2, 0.25) is 0 Å². The van der Waals surface area contributed by atoms with Gasteiger partial charge in [-0.05, 0) is 18.8 Å². The summed E-state index contributed by atoms with van der Waals surface area (Å²) < 4.78 is 10.7. The van der Waals surface area contributed by atoms with Crippen molar-refractivity contribution in [2.75, 3.05) is 33.0 Å². The van der Waals surface area contributed by atoms with Crippen molar-refractivity contribution in [1.29, 1.82) is 0 Å². The summed E-state index contributed by atoms with van der Waals surface area (Å²) in [5.74, 6) is 0.728. The molecule has 0 radical (unpaired) electrons. The molecule has 0 heterocycles. The Bertz CT molecular complexity index is 172. The van der Waals surface area contributed by atoms with Crippen LogP contribution < -0.4 is 5.32 Å². The second-order valence-electron chi connectivity index (χ2n) is 4.24. The molecule has 0 aromatic carbocycles. The van der Waals surface area contributed by atoms with E-state index in [1.54, 1.807) is 0 Å². The fourth-order valence-electron chi connectivity index (χ4n) is 1.21. The first-order chi connectivity index (χ1) is 7.63. The Labute approximate surface area is 98.7 Å². The van der Waals surface area contributed by atoms with Crippen LogP contribution in [0.1, 0.15) is 33.6 Å². The fraction of sp³-hybridized carbons (Fsp3) is 0.917. The molecule has 0 aromatic rings. The van der Waals surface area contributed by atoms with Gasteiger partial charge in [0.05, 0.1) is 19.8 Å². The Balaban J connectivity index is 2.96. The lowest BCUT2D eigenvalue weighted by Crippen LogP contribution is -2.24. The molecule has 0 unspecified atom stereocenters. The molecule has 96 valence electrons. The van der Waals surface area contributed by atoms with E-state index in [1.807, 2.05) is 0 Å². The van der Waals surface area contributed by atoms with Crippen molar-refractivity contribution in [2.45, 2.75) is 33.6 Å². The van der Waals surface area contributed by atoms with E-state index >= 15 is 0 Å². The molecule has 0 rings (SSSR count). The van der Waals surface area contributed by atoms with Crippen molar-refractivity contribution in [3.05, 3.63) is 0 Å². The summed E-state index contributed by atoms with van der Waals surface area (Å²) in [5, 5.41) is 2.66. The maximum atomic E-state index is 10.5. The molecule has 0 aromatic heterocycles. The van der Waals surface area contributed by atoms with E-state index in [2.05, 4.69) is 19.2 Å². The molecule has 0 fully saturated rings. The maximum absolute atomic E-state index is 10.5. The molecule has 1 amide bonds. The number of ether oxygens (including phenoxy) is 2. The lowest BCUT2D eigenvalue weighted by atomic mass is 10.1. The largest absolute Gasteiger partial charge is 0.379 e. The van der Waals surface area contributed by atoms with E-state index in [9.17, 15) is 4.79 Å². The average Bonchev–Trinajstić information content (AvgIpc) is 2.20. The lowest BCUT2D eigenvalue weighted by molar-refractivity contribution is -0.119. The first-order valence-corrected chi connectivity index (χ1v) is 6.03. The second kappa shape index (κ2) is 10.9. The van der Waals surface area contributed by atoms with Crippen LogP contribution in [0, 0.1) is 5.92 Å². The minimum absolute atomic E-state index is 0.0199. The SMILES string of the molecule is CC(=O)NCCOCCOCCCC(C)C. The molecule has 0 aliphatic carbocycles. The Morgan fingerprint density at radius 2 is 1.75 bits per heavy atom. The normalized spacial score (nSPS) is 10.8. The first kappa shape index (κ1) is 15.4. The van der Waals surface area contributed by atoms with E-state index in [0.717, 1.165) is 18.9 Å². The predicted molar refractivity (Wildman–Crippen MR) is 64.4 cm³/mol. The van der Waals surface area contributed by atoms with Crippen LogP contribution in [0.25, 0.3) is 0 Å². The first-order valence-electron chi connectivity index (χ1n) is 6.03. The van der Waals surface area contributed by atoms with Crippen LogP contribution in [0.3, 0.4) is 0 Å². The van der Waals surface area contributed by atoms with Crippen molar-refractivity contribution in [3.63, 3.8) is 0 Å². The van der Waals surface area contributed by atoms with Gasteiger partial charge in [-0.25, -0.2) is 0 Å². The van der Waals surface area contributed by atoms with Crippen molar-refractivity contribution < 1.29 is 14.3 Å². The molecule has 0 aliphatic heterocycles. The van der Waals surface area contributed by atoms with Gasteiger partial charge in [-0.2, -0.15) is 0 Å². The summed E-state index contributed by atoms with van der Waals surface area (Å²) in [6, 6.07) is 0. The Kier molecular flexibility index (Phi) is 10.5. The van der Waals surface area contributed by atoms with Crippen molar-refractivity contribution >= 4 is 5.91 Å². The van der Waals surface area contributed by atoms with Crippen LogP contribution >= 0.6 is 0 Å². The van der Waals surface area contributed by atoms with Gasteiger partial charge in [0.2, 0.25) is 5.91 Å². The molecular formula is C12H25NO3. The Morgan fingerprint density at radius 1 is 1.12 bits per heavy atom. The third-order valence-electron chi connectivity index (χ3n) is 2.06. The summed E-state index contributed by atoms with van der Waals surface area (Å²) in [4.78, 5) is 10.5. The van der Waals surface area contributed by atoms with Gasteiger partial charge in [-0.15, -0.1) is 0 Å². The number of rotatable bonds is 10. The smallest absolute Gasteiger partial charge is 0.216 e. The van der Waals surface area contributed by atoms with E-state index in [1.165, 1.54) is 13.3 Å². The Hall–Kier alpha value is -0.610. The number of nitrogens with one attached hydrogen (secondary N) is 1. The molecule has 0 saturated carbocycles. The number of hydrogen-bond donors (Lipinski definition) is 1. The molecule has 16 heavy (non-hydrogen) atoms. The zero-order valence-electron chi connectivity index (χ0n) is 10.8. The summed E-state index contributed by atoms with van der Waals surface area (Å²) in [6.07, 6.45) is 2.33. The van der Waals surface area contributed by atoms with E-state index in [0.29, 0.717) is 26.4 Å². The zero-order chi connectivity index (χ0) is 12.2. The van der Waals surface area contributed by atoms with Crippen LogP contribution in [-0.4, -0.2) is 38.9 Å². The lowest BCUT2D eigenvalue weighted by Gasteiger charge is -2.07. The van der Waals surface area contributed by atoms with Gasteiger partial charge < -0.3 is 14.8 Å². The van der Waals surface area contributed by atoms with Crippen molar-refractivity contribution in [1.82, 2.24) is 5.32 Å². The predicted octanol–water partition coefficient (Wildman–Crippen LogP) is 1.59. The van der Waals surface area contributed by atoms with Gasteiger partial charge in [0.1, 0.15) is 0 Å². The zero-order valence-corrected chi connectivity index (χ0v) is 10.8. The van der Waals surface area contributed by atoms with Gasteiger partial charge >= 0.3 is 0 Å². The van der Waals surface area contributed by atoms with E-state index < -0.39 is 0 Å². The molecule has 0 spiro atoms. The molecule has 4 nitrogen and oxygen atoms in total. The van der Waals surface area contributed by atoms with Crippen LogP contribution in [0.4, 0.5) is 0 Å². The topological polar surface area (TPSA) is 47.6 Å². The third kappa shape index (κ3) is 13.4. The maximum Gasteiger partial charge on any atom is 0.216 e. The number of amides is 1. The van der Waals surface area contributed by atoms with Gasteiger partial charge in [0.25, 0.3) is 0 Å². The highest BCUT2D eigenvalue weighted by atomic mass is 16.5. The monoisotopic (exact) mass is 231 g/mol. The summed E-state index contributed by atoms with van der Waals surface area (Å²) in [6.45, 7) is 9.10. The van der Waals surface area contributed by atoms with Crippen LogP contribution in [0.5, 0.6) is 0 Å². The number of carbonyl (C=O) groups is 1. The quantitative estimate of drug-likeness (QED) is 0.581. The van der Waals surface area contributed by atoms with E-state index in [4.69, 9.17) is 9.47 Å². The summed E-state index contributed by atoms with van der Waals surface area (Å²) >= 11 is 0. The minimum atomic E-state index is -0.0199. The van der Waals surface area contributed by atoms with E-state index in [-0.39, 0.29) is 5.91 Å². The second-order valence-corrected chi connectivity index (χ2v) is 4.24.